The van der Waals surface area contributed by atoms with Gasteiger partial charge in [-0.05, 0) is 66.5 Å². The van der Waals surface area contributed by atoms with E-state index in [0.29, 0.717) is 6.04 Å². The molecule has 1 heteroatoms. The summed E-state index contributed by atoms with van der Waals surface area (Å²) in [4.78, 5) is 0. The van der Waals surface area contributed by atoms with Crippen molar-refractivity contribution in [1.29, 1.82) is 0 Å². The summed E-state index contributed by atoms with van der Waals surface area (Å²) >= 11 is 0. The monoisotopic (exact) mass is 277 g/mol. The van der Waals surface area contributed by atoms with E-state index in [9.17, 15) is 0 Å². The lowest BCUT2D eigenvalue weighted by Gasteiger charge is -2.27. The van der Waals surface area contributed by atoms with Gasteiger partial charge in [0.15, 0.2) is 0 Å². The SMILES string of the molecule is CC(NCC1CCC1)c1ccc2c(c1)Cc1ccccc1-2. The molecule has 21 heavy (non-hydrogen) atoms. The van der Waals surface area contributed by atoms with E-state index in [2.05, 4.69) is 54.7 Å². The summed E-state index contributed by atoms with van der Waals surface area (Å²) in [6.45, 7) is 3.47. The molecule has 0 aliphatic heterocycles. The maximum absolute atomic E-state index is 3.71. The first-order valence-corrected chi connectivity index (χ1v) is 8.26. The van der Waals surface area contributed by atoms with Crippen LogP contribution in [0.4, 0.5) is 0 Å². The summed E-state index contributed by atoms with van der Waals surface area (Å²) in [7, 11) is 0. The Kier molecular flexibility index (Phi) is 3.31. The molecule has 0 saturated heterocycles. The minimum atomic E-state index is 0.458. The second-order valence-corrected chi connectivity index (χ2v) is 6.68. The Bertz CT molecular complexity index is 655. The molecule has 2 aromatic rings. The van der Waals surface area contributed by atoms with E-state index < -0.39 is 0 Å². The number of hydrogen-bond acceptors (Lipinski definition) is 1. The van der Waals surface area contributed by atoms with Crippen molar-refractivity contribution >= 4 is 0 Å². The van der Waals surface area contributed by atoms with Gasteiger partial charge in [0.2, 0.25) is 0 Å². The van der Waals surface area contributed by atoms with Crippen LogP contribution in [0.1, 0.15) is 48.9 Å². The van der Waals surface area contributed by atoms with Crippen LogP contribution in [-0.2, 0) is 6.42 Å². The van der Waals surface area contributed by atoms with Gasteiger partial charge in [0.1, 0.15) is 0 Å². The fourth-order valence-corrected chi connectivity index (χ4v) is 3.59. The van der Waals surface area contributed by atoms with Gasteiger partial charge in [-0.25, -0.2) is 0 Å². The van der Waals surface area contributed by atoms with Crippen LogP contribution < -0.4 is 5.32 Å². The van der Waals surface area contributed by atoms with Gasteiger partial charge >= 0.3 is 0 Å². The molecule has 1 fully saturated rings. The van der Waals surface area contributed by atoms with Crippen molar-refractivity contribution in [3.05, 3.63) is 59.2 Å². The number of hydrogen-bond donors (Lipinski definition) is 1. The fraction of sp³-hybridized carbons (Fsp3) is 0.400. The number of benzene rings is 2. The third-order valence-corrected chi connectivity index (χ3v) is 5.26. The minimum absolute atomic E-state index is 0.458. The summed E-state index contributed by atoms with van der Waals surface area (Å²) < 4.78 is 0. The maximum Gasteiger partial charge on any atom is 0.0292 e. The molecule has 4 rings (SSSR count). The summed E-state index contributed by atoms with van der Waals surface area (Å²) in [5, 5.41) is 3.71. The van der Waals surface area contributed by atoms with E-state index in [1.807, 2.05) is 0 Å². The van der Waals surface area contributed by atoms with Gasteiger partial charge < -0.3 is 5.32 Å². The maximum atomic E-state index is 3.71. The highest BCUT2D eigenvalue weighted by Gasteiger charge is 2.20. The minimum Gasteiger partial charge on any atom is -0.310 e. The van der Waals surface area contributed by atoms with Crippen molar-refractivity contribution in [3.63, 3.8) is 0 Å². The zero-order valence-electron chi connectivity index (χ0n) is 12.7. The Morgan fingerprint density at radius 2 is 1.86 bits per heavy atom. The molecule has 1 nitrogen and oxygen atoms in total. The molecule has 2 aromatic carbocycles. The molecule has 0 spiro atoms. The molecule has 1 saturated carbocycles. The van der Waals surface area contributed by atoms with E-state index in [0.717, 1.165) is 12.3 Å². The molecule has 2 aliphatic carbocycles. The van der Waals surface area contributed by atoms with Gasteiger partial charge in [-0.3, -0.25) is 0 Å². The van der Waals surface area contributed by atoms with Crippen LogP contribution in [-0.4, -0.2) is 6.54 Å². The first-order valence-electron chi connectivity index (χ1n) is 8.26. The molecule has 0 amide bonds. The van der Waals surface area contributed by atoms with E-state index in [1.165, 1.54) is 53.6 Å². The molecule has 0 heterocycles. The Morgan fingerprint density at radius 3 is 2.67 bits per heavy atom. The third kappa shape index (κ3) is 2.40. The summed E-state index contributed by atoms with van der Waals surface area (Å²) in [6, 6.07) is 16.3. The Morgan fingerprint density at radius 1 is 1.05 bits per heavy atom. The van der Waals surface area contributed by atoms with Crippen LogP contribution in [0.5, 0.6) is 0 Å². The average Bonchev–Trinajstić information content (AvgIpc) is 2.83. The van der Waals surface area contributed by atoms with E-state index >= 15 is 0 Å². The molecule has 0 radical (unpaired) electrons. The van der Waals surface area contributed by atoms with Gasteiger partial charge in [-0.15, -0.1) is 0 Å². The Hall–Kier alpha value is -1.60. The van der Waals surface area contributed by atoms with Crippen molar-refractivity contribution in [1.82, 2.24) is 5.32 Å². The lowest BCUT2D eigenvalue weighted by atomic mass is 9.85. The normalized spacial score (nSPS) is 18.0. The molecule has 2 aliphatic rings. The quantitative estimate of drug-likeness (QED) is 0.728. The van der Waals surface area contributed by atoms with Crippen molar-refractivity contribution in [2.45, 2.75) is 38.6 Å². The molecule has 1 unspecified atom stereocenters. The molecule has 108 valence electrons. The first kappa shape index (κ1) is 13.1. The van der Waals surface area contributed by atoms with Crippen LogP contribution >= 0.6 is 0 Å². The second-order valence-electron chi connectivity index (χ2n) is 6.68. The van der Waals surface area contributed by atoms with E-state index in [1.54, 1.807) is 0 Å². The van der Waals surface area contributed by atoms with Gasteiger partial charge in [-0.2, -0.15) is 0 Å². The highest BCUT2D eigenvalue weighted by Crippen LogP contribution is 2.37. The molecular formula is C20H23N. The second kappa shape index (κ2) is 5.31. The smallest absolute Gasteiger partial charge is 0.0292 e. The number of fused-ring (bicyclic) bond motifs is 3. The van der Waals surface area contributed by atoms with Crippen molar-refractivity contribution in [3.8, 4) is 11.1 Å². The lowest BCUT2D eigenvalue weighted by Crippen LogP contribution is -2.29. The molecule has 0 bridgehead atoms. The topological polar surface area (TPSA) is 12.0 Å². The van der Waals surface area contributed by atoms with Crippen LogP contribution in [0, 0.1) is 5.92 Å². The third-order valence-electron chi connectivity index (χ3n) is 5.26. The van der Waals surface area contributed by atoms with Crippen LogP contribution in [0.2, 0.25) is 0 Å². The van der Waals surface area contributed by atoms with E-state index in [4.69, 9.17) is 0 Å². The zero-order valence-corrected chi connectivity index (χ0v) is 12.7. The summed E-state index contributed by atoms with van der Waals surface area (Å²) in [5.41, 5.74) is 7.25. The predicted molar refractivity (Wildman–Crippen MR) is 88.4 cm³/mol. The Balaban J connectivity index is 1.52. The van der Waals surface area contributed by atoms with Crippen molar-refractivity contribution in [2.24, 2.45) is 5.92 Å². The van der Waals surface area contributed by atoms with Gasteiger partial charge in [-0.1, -0.05) is 48.9 Å². The molecule has 0 aromatic heterocycles. The van der Waals surface area contributed by atoms with Gasteiger partial charge in [0.25, 0.3) is 0 Å². The van der Waals surface area contributed by atoms with Crippen LogP contribution in [0.3, 0.4) is 0 Å². The predicted octanol–water partition coefficient (Wildman–Crippen LogP) is 4.71. The first-order chi connectivity index (χ1) is 10.3. The van der Waals surface area contributed by atoms with Crippen molar-refractivity contribution in [2.75, 3.05) is 6.54 Å². The van der Waals surface area contributed by atoms with Crippen LogP contribution in [0.25, 0.3) is 11.1 Å². The largest absolute Gasteiger partial charge is 0.310 e. The number of rotatable bonds is 4. The highest BCUT2D eigenvalue weighted by molar-refractivity contribution is 5.76. The highest BCUT2D eigenvalue weighted by atomic mass is 14.9. The van der Waals surface area contributed by atoms with Crippen LogP contribution in [0.15, 0.2) is 42.5 Å². The summed E-state index contributed by atoms with van der Waals surface area (Å²) in [5.74, 6) is 0.922. The van der Waals surface area contributed by atoms with Gasteiger partial charge in [0, 0.05) is 6.04 Å². The number of nitrogens with one attached hydrogen (secondary N) is 1. The van der Waals surface area contributed by atoms with Gasteiger partial charge in [0.05, 0.1) is 0 Å². The standard InChI is InChI=1S/C20H23N/c1-14(21-13-15-5-4-6-15)16-9-10-20-18(11-16)12-17-7-2-3-8-19(17)20/h2-3,7-11,14-15,21H,4-6,12-13H2,1H3. The fourth-order valence-electron chi connectivity index (χ4n) is 3.59. The lowest BCUT2D eigenvalue weighted by molar-refractivity contribution is 0.292. The molecule has 1 atom stereocenters. The molecule has 1 N–H and O–H groups in total. The van der Waals surface area contributed by atoms with Crippen molar-refractivity contribution < 1.29 is 0 Å². The Labute approximate surface area is 127 Å². The average molecular weight is 277 g/mol. The molecular weight excluding hydrogens is 254 g/mol. The zero-order chi connectivity index (χ0) is 14.2. The van der Waals surface area contributed by atoms with E-state index in [-0.39, 0.29) is 0 Å². The summed E-state index contributed by atoms with van der Waals surface area (Å²) in [6.07, 6.45) is 5.35.